The minimum atomic E-state index is -0.507. The number of nitrogens with one attached hydrogen (secondary N) is 2. The van der Waals surface area contributed by atoms with Gasteiger partial charge in [0.15, 0.2) is 0 Å². The number of nitrogens with zero attached hydrogens (tertiary/aromatic N) is 1. The fourth-order valence-electron chi connectivity index (χ4n) is 5.41. The van der Waals surface area contributed by atoms with E-state index in [0.717, 1.165) is 37.0 Å². The van der Waals surface area contributed by atoms with Crippen LogP contribution in [0.4, 0.5) is 5.69 Å². The van der Waals surface area contributed by atoms with Crippen LogP contribution in [0, 0.1) is 0 Å². The summed E-state index contributed by atoms with van der Waals surface area (Å²) in [6.45, 7) is -0.180. The van der Waals surface area contributed by atoms with Gasteiger partial charge in [-0.2, -0.15) is 0 Å². The van der Waals surface area contributed by atoms with E-state index in [1.54, 1.807) is 24.4 Å². The van der Waals surface area contributed by atoms with Gasteiger partial charge in [0.25, 0.3) is 5.91 Å². The molecule has 1 saturated carbocycles. The van der Waals surface area contributed by atoms with E-state index in [1.165, 1.54) is 12.6 Å². The van der Waals surface area contributed by atoms with Crippen molar-refractivity contribution in [3.05, 3.63) is 53.9 Å². The van der Waals surface area contributed by atoms with E-state index >= 15 is 0 Å². The third-order valence-corrected chi connectivity index (χ3v) is 7.06. The molecule has 8 nitrogen and oxygen atoms in total. The minimum Gasteiger partial charge on any atom is -0.487 e. The number of hydrogen-bond acceptors (Lipinski definition) is 6. The number of carbonyl (C=O) groups is 2. The monoisotopic (exact) mass is 465 g/mol. The second-order valence-electron chi connectivity index (χ2n) is 9.46. The Morgan fingerprint density at radius 2 is 2.00 bits per heavy atom. The molecule has 2 amide bonds. The van der Waals surface area contributed by atoms with Crippen molar-refractivity contribution in [3.63, 3.8) is 0 Å². The van der Waals surface area contributed by atoms with Crippen LogP contribution in [0.25, 0.3) is 0 Å². The first-order chi connectivity index (χ1) is 16.6. The highest BCUT2D eigenvalue weighted by atomic mass is 16.6. The average molecular weight is 466 g/mol. The van der Waals surface area contributed by atoms with Crippen LogP contribution < -0.4 is 15.4 Å². The number of rotatable bonds is 6. The third-order valence-electron chi connectivity index (χ3n) is 7.06. The van der Waals surface area contributed by atoms with Crippen molar-refractivity contribution >= 4 is 17.5 Å². The summed E-state index contributed by atoms with van der Waals surface area (Å²) in [6.07, 6.45) is 8.54. The Morgan fingerprint density at radius 3 is 2.76 bits per heavy atom. The normalized spacial score (nSPS) is 26.1. The number of hydrogen-bond donors (Lipinski definition) is 3. The number of benzene rings is 1. The summed E-state index contributed by atoms with van der Waals surface area (Å²) in [7, 11) is 0. The third kappa shape index (κ3) is 4.93. The molecule has 5 rings (SSSR count). The number of aliphatic hydroxyl groups excluding tert-OH is 1. The second-order valence-corrected chi connectivity index (χ2v) is 9.46. The molecule has 1 aromatic carbocycles. The summed E-state index contributed by atoms with van der Waals surface area (Å²) in [4.78, 5) is 29.2. The number of amides is 2. The van der Waals surface area contributed by atoms with E-state index < -0.39 is 6.10 Å². The minimum absolute atomic E-state index is 0.00339. The molecule has 180 valence electrons. The molecule has 3 N–H and O–H groups in total. The molecule has 0 bridgehead atoms. The Labute approximate surface area is 199 Å². The maximum Gasteiger partial charge on any atom is 0.257 e. The Morgan fingerprint density at radius 1 is 1.15 bits per heavy atom. The lowest BCUT2D eigenvalue weighted by Crippen LogP contribution is -2.48. The van der Waals surface area contributed by atoms with Gasteiger partial charge in [-0.25, -0.2) is 0 Å². The summed E-state index contributed by atoms with van der Waals surface area (Å²) in [5.74, 6) is 0.469. The summed E-state index contributed by atoms with van der Waals surface area (Å²) in [5, 5.41) is 16.0. The molecule has 0 radical (unpaired) electrons. The van der Waals surface area contributed by atoms with Gasteiger partial charge in [0.05, 0.1) is 24.7 Å². The largest absolute Gasteiger partial charge is 0.487 e. The molecule has 1 aromatic heterocycles. The lowest BCUT2D eigenvalue weighted by atomic mass is 9.84. The molecule has 3 heterocycles. The fourth-order valence-corrected chi connectivity index (χ4v) is 5.41. The van der Waals surface area contributed by atoms with Gasteiger partial charge in [-0.3, -0.25) is 14.6 Å². The molecule has 4 atom stereocenters. The van der Waals surface area contributed by atoms with E-state index in [2.05, 4.69) is 15.6 Å². The van der Waals surface area contributed by atoms with Gasteiger partial charge in [-0.15, -0.1) is 0 Å². The summed E-state index contributed by atoms with van der Waals surface area (Å²) >= 11 is 0. The second kappa shape index (κ2) is 10.1. The zero-order chi connectivity index (χ0) is 23.5. The van der Waals surface area contributed by atoms with E-state index in [0.29, 0.717) is 17.7 Å². The number of fused-ring (bicyclic) bond motifs is 3. The molecule has 0 spiro atoms. The van der Waals surface area contributed by atoms with E-state index in [4.69, 9.17) is 9.47 Å². The first-order valence-electron chi connectivity index (χ1n) is 12.2. The van der Waals surface area contributed by atoms with Crippen molar-refractivity contribution in [2.45, 2.75) is 75.2 Å². The molecule has 0 unspecified atom stereocenters. The van der Waals surface area contributed by atoms with Gasteiger partial charge in [0.1, 0.15) is 18.0 Å². The van der Waals surface area contributed by atoms with Gasteiger partial charge >= 0.3 is 0 Å². The number of aliphatic hydroxyl groups is 1. The van der Waals surface area contributed by atoms with Crippen LogP contribution in [0.1, 0.15) is 66.8 Å². The van der Waals surface area contributed by atoms with Gasteiger partial charge < -0.3 is 25.2 Å². The lowest BCUT2D eigenvalue weighted by molar-refractivity contribution is -0.142. The average Bonchev–Trinajstić information content (AvgIpc) is 3.22. The van der Waals surface area contributed by atoms with Gasteiger partial charge in [-0.05, 0) is 49.6 Å². The molecular weight excluding hydrogens is 434 g/mol. The highest BCUT2D eigenvalue weighted by molar-refractivity contribution is 6.04. The van der Waals surface area contributed by atoms with E-state index in [9.17, 15) is 14.7 Å². The number of anilines is 1. The highest BCUT2D eigenvalue weighted by Gasteiger charge is 2.46. The van der Waals surface area contributed by atoms with Crippen LogP contribution in [0.5, 0.6) is 5.75 Å². The molecule has 2 aliphatic heterocycles. The topological polar surface area (TPSA) is 110 Å². The van der Waals surface area contributed by atoms with Crippen LogP contribution in [0.3, 0.4) is 0 Å². The maximum absolute atomic E-state index is 12.7. The SMILES string of the molecule is O=C(C[C@H]1C[C@H]2c3cc(NC(=O)c4cccnc4)ccc3O[C@H]2[C@@H](CO)O1)NC1CCCCC1. The van der Waals surface area contributed by atoms with E-state index in [1.807, 2.05) is 12.1 Å². The predicted molar refractivity (Wildman–Crippen MR) is 126 cm³/mol. The number of pyridine rings is 1. The maximum atomic E-state index is 12.7. The lowest BCUT2D eigenvalue weighted by Gasteiger charge is -2.37. The van der Waals surface area contributed by atoms with Crippen molar-refractivity contribution < 1.29 is 24.2 Å². The van der Waals surface area contributed by atoms with Crippen LogP contribution in [-0.4, -0.2) is 52.9 Å². The van der Waals surface area contributed by atoms with Crippen LogP contribution in [-0.2, 0) is 9.53 Å². The highest BCUT2D eigenvalue weighted by Crippen LogP contribution is 2.47. The van der Waals surface area contributed by atoms with Gasteiger partial charge in [0, 0.05) is 35.6 Å². The quantitative estimate of drug-likeness (QED) is 0.605. The molecule has 1 saturated heterocycles. The molecule has 2 fully saturated rings. The van der Waals surface area contributed by atoms with Crippen molar-refractivity contribution in [2.24, 2.45) is 0 Å². The Bertz CT molecular complexity index is 1020. The summed E-state index contributed by atoms with van der Waals surface area (Å²) < 4.78 is 12.2. The number of aromatic nitrogens is 1. The Hall–Kier alpha value is -2.97. The van der Waals surface area contributed by atoms with Crippen LogP contribution in [0.15, 0.2) is 42.7 Å². The van der Waals surface area contributed by atoms with E-state index in [-0.39, 0.29) is 49.0 Å². The summed E-state index contributed by atoms with van der Waals surface area (Å²) in [5.41, 5.74) is 2.11. The molecule has 3 aliphatic rings. The molecule has 8 heteroatoms. The molecule has 34 heavy (non-hydrogen) atoms. The first kappa shape index (κ1) is 22.8. The number of carbonyl (C=O) groups excluding carboxylic acids is 2. The zero-order valence-electron chi connectivity index (χ0n) is 19.1. The van der Waals surface area contributed by atoms with Gasteiger partial charge in [0.2, 0.25) is 5.91 Å². The Kier molecular flexibility index (Phi) is 6.78. The smallest absolute Gasteiger partial charge is 0.257 e. The van der Waals surface area contributed by atoms with Crippen LogP contribution in [0.2, 0.25) is 0 Å². The predicted octanol–water partition coefficient (Wildman–Crippen LogP) is 3.17. The number of ether oxygens (including phenoxy) is 2. The van der Waals surface area contributed by atoms with Crippen molar-refractivity contribution in [1.29, 1.82) is 0 Å². The Balaban J connectivity index is 1.27. The van der Waals surface area contributed by atoms with Crippen molar-refractivity contribution in [1.82, 2.24) is 10.3 Å². The molecular formula is C26H31N3O5. The van der Waals surface area contributed by atoms with Crippen LogP contribution >= 0.6 is 0 Å². The standard InChI is InChI=1S/C26H31N3O5/c30-15-23-25-21(12-19(33-23)13-24(31)28-17-6-2-1-3-7-17)20-11-18(8-9-22(20)34-25)29-26(32)16-5-4-10-27-14-16/h4-5,8-11,14,17,19,21,23,25,30H,1-3,6-7,12-13,15H2,(H,28,31)(H,29,32)/t19-,21+,23-,25-/m1/s1. The summed E-state index contributed by atoms with van der Waals surface area (Å²) in [6, 6.07) is 9.25. The first-order valence-corrected chi connectivity index (χ1v) is 12.2. The fraction of sp³-hybridized carbons (Fsp3) is 0.500. The zero-order valence-corrected chi connectivity index (χ0v) is 19.1. The molecule has 2 aromatic rings. The van der Waals surface area contributed by atoms with Crippen molar-refractivity contribution in [3.8, 4) is 5.75 Å². The molecule has 1 aliphatic carbocycles. The van der Waals surface area contributed by atoms with Crippen molar-refractivity contribution in [2.75, 3.05) is 11.9 Å². The van der Waals surface area contributed by atoms with Gasteiger partial charge in [-0.1, -0.05) is 19.3 Å².